The maximum Gasteiger partial charge on any atom is 0.274 e. The average molecular weight is 252 g/mol. The Morgan fingerprint density at radius 1 is 1.56 bits per heavy atom. The van der Waals surface area contributed by atoms with E-state index in [2.05, 4.69) is 15.3 Å². The summed E-state index contributed by atoms with van der Waals surface area (Å²) in [7, 11) is 1.64. The van der Waals surface area contributed by atoms with Crippen molar-refractivity contribution in [1.29, 1.82) is 0 Å². The number of anilines is 1. The SMILES string of the molecule is CCCNc1cncc(C(=O)N(C)C(C)CO)n1. The Hall–Kier alpha value is -1.69. The van der Waals surface area contributed by atoms with E-state index in [4.69, 9.17) is 5.11 Å². The molecule has 6 nitrogen and oxygen atoms in total. The van der Waals surface area contributed by atoms with Crippen LogP contribution in [0.5, 0.6) is 0 Å². The van der Waals surface area contributed by atoms with Gasteiger partial charge in [0.05, 0.1) is 25.0 Å². The number of amides is 1. The van der Waals surface area contributed by atoms with Gasteiger partial charge in [0.15, 0.2) is 0 Å². The Labute approximate surface area is 107 Å². The highest BCUT2D eigenvalue weighted by Crippen LogP contribution is 2.06. The lowest BCUT2D eigenvalue weighted by Crippen LogP contribution is -2.37. The first-order valence-corrected chi connectivity index (χ1v) is 6.04. The molecule has 0 fully saturated rings. The zero-order valence-electron chi connectivity index (χ0n) is 11.1. The third-order valence-electron chi connectivity index (χ3n) is 2.66. The largest absolute Gasteiger partial charge is 0.394 e. The predicted molar refractivity (Wildman–Crippen MR) is 69.5 cm³/mol. The number of carbonyl (C=O) groups is 1. The minimum Gasteiger partial charge on any atom is -0.394 e. The van der Waals surface area contributed by atoms with Gasteiger partial charge in [0.25, 0.3) is 5.91 Å². The normalized spacial score (nSPS) is 12.0. The van der Waals surface area contributed by atoms with Crippen LogP contribution >= 0.6 is 0 Å². The molecule has 1 aromatic rings. The lowest BCUT2D eigenvalue weighted by molar-refractivity contribution is 0.0676. The fourth-order valence-corrected chi connectivity index (χ4v) is 1.31. The van der Waals surface area contributed by atoms with E-state index in [0.29, 0.717) is 5.82 Å². The van der Waals surface area contributed by atoms with Crippen LogP contribution in [0.4, 0.5) is 5.82 Å². The van der Waals surface area contributed by atoms with Crippen molar-refractivity contribution in [3.8, 4) is 0 Å². The molecule has 0 aromatic carbocycles. The molecular weight excluding hydrogens is 232 g/mol. The molecule has 18 heavy (non-hydrogen) atoms. The number of nitrogens with zero attached hydrogens (tertiary/aromatic N) is 3. The number of hydrogen-bond acceptors (Lipinski definition) is 5. The van der Waals surface area contributed by atoms with Crippen molar-refractivity contribution in [3.63, 3.8) is 0 Å². The number of aliphatic hydroxyl groups is 1. The third kappa shape index (κ3) is 3.66. The minimum absolute atomic E-state index is 0.0799. The molecule has 0 spiro atoms. The lowest BCUT2D eigenvalue weighted by Gasteiger charge is -2.22. The Bertz CT molecular complexity index is 397. The molecule has 100 valence electrons. The highest BCUT2D eigenvalue weighted by atomic mass is 16.3. The Morgan fingerprint density at radius 2 is 2.28 bits per heavy atom. The minimum atomic E-state index is -0.246. The van der Waals surface area contributed by atoms with Crippen molar-refractivity contribution in [2.75, 3.05) is 25.5 Å². The smallest absolute Gasteiger partial charge is 0.274 e. The molecule has 6 heteroatoms. The van der Waals surface area contributed by atoms with Gasteiger partial charge in [-0.2, -0.15) is 0 Å². The number of rotatable bonds is 6. The molecule has 0 saturated heterocycles. The Balaban J connectivity index is 2.79. The highest BCUT2D eigenvalue weighted by Gasteiger charge is 2.18. The lowest BCUT2D eigenvalue weighted by atomic mass is 10.3. The zero-order chi connectivity index (χ0) is 13.5. The summed E-state index contributed by atoms with van der Waals surface area (Å²) in [5, 5.41) is 12.1. The zero-order valence-corrected chi connectivity index (χ0v) is 11.1. The number of nitrogens with one attached hydrogen (secondary N) is 1. The molecule has 2 N–H and O–H groups in total. The van der Waals surface area contributed by atoms with E-state index in [9.17, 15) is 4.79 Å². The van der Waals surface area contributed by atoms with Gasteiger partial charge >= 0.3 is 0 Å². The quantitative estimate of drug-likeness (QED) is 0.781. The summed E-state index contributed by atoms with van der Waals surface area (Å²) >= 11 is 0. The second-order valence-corrected chi connectivity index (χ2v) is 4.16. The van der Waals surface area contributed by atoms with E-state index >= 15 is 0 Å². The first kappa shape index (κ1) is 14.4. The topological polar surface area (TPSA) is 78.4 Å². The molecule has 0 bridgehead atoms. The Morgan fingerprint density at radius 3 is 2.89 bits per heavy atom. The van der Waals surface area contributed by atoms with Gasteiger partial charge in [0.2, 0.25) is 0 Å². The van der Waals surface area contributed by atoms with Crippen LogP contribution in [-0.4, -0.2) is 52.1 Å². The fourth-order valence-electron chi connectivity index (χ4n) is 1.31. The van der Waals surface area contributed by atoms with Crippen LogP contribution in [0.2, 0.25) is 0 Å². The van der Waals surface area contributed by atoms with Gasteiger partial charge in [-0.05, 0) is 13.3 Å². The van der Waals surface area contributed by atoms with Crippen molar-refractivity contribution in [1.82, 2.24) is 14.9 Å². The van der Waals surface area contributed by atoms with Crippen LogP contribution in [0.1, 0.15) is 30.8 Å². The molecule has 1 unspecified atom stereocenters. The van der Waals surface area contributed by atoms with Crippen LogP contribution in [0.25, 0.3) is 0 Å². The van der Waals surface area contributed by atoms with Gasteiger partial charge in [-0.1, -0.05) is 6.92 Å². The van der Waals surface area contributed by atoms with Gasteiger partial charge in [-0.3, -0.25) is 9.78 Å². The van der Waals surface area contributed by atoms with Crippen molar-refractivity contribution in [2.45, 2.75) is 26.3 Å². The van der Waals surface area contributed by atoms with E-state index in [1.54, 1.807) is 20.2 Å². The summed E-state index contributed by atoms with van der Waals surface area (Å²) in [6, 6.07) is -0.244. The first-order valence-electron chi connectivity index (χ1n) is 6.04. The van der Waals surface area contributed by atoms with Crippen molar-refractivity contribution in [3.05, 3.63) is 18.1 Å². The van der Waals surface area contributed by atoms with Gasteiger partial charge in [0.1, 0.15) is 11.5 Å². The number of likely N-dealkylation sites (N-methyl/N-ethyl adjacent to an activating group) is 1. The monoisotopic (exact) mass is 252 g/mol. The van der Waals surface area contributed by atoms with E-state index in [1.807, 2.05) is 6.92 Å². The molecular formula is C12H20N4O2. The number of aromatic nitrogens is 2. The van der Waals surface area contributed by atoms with Crippen LogP contribution in [0, 0.1) is 0 Å². The van der Waals surface area contributed by atoms with E-state index in [0.717, 1.165) is 13.0 Å². The molecule has 1 amide bonds. The maximum absolute atomic E-state index is 12.1. The van der Waals surface area contributed by atoms with Crippen LogP contribution < -0.4 is 5.32 Å². The molecule has 1 aromatic heterocycles. The van der Waals surface area contributed by atoms with E-state index in [1.165, 1.54) is 11.1 Å². The molecule has 1 atom stereocenters. The number of aliphatic hydroxyl groups excluding tert-OH is 1. The summed E-state index contributed by atoms with van der Waals surface area (Å²) < 4.78 is 0. The van der Waals surface area contributed by atoms with Crippen molar-refractivity contribution < 1.29 is 9.90 Å². The van der Waals surface area contributed by atoms with Crippen LogP contribution in [-0.2, 0) is 0 Å². The summed E-state index contributed by atoms with van der Waals surface area (Å²) in [5.41, 5.74) is 0.277. The molecule has 1 heterocycles. The molecule has 0 radical (unpaired) electrons. The van der Waals surface area contributed by atoms with Crippen LogP contribution in [0.3, 0.4) is 0 Å². The molecule has 0 saturated carbocycles. The van der Waals surface area contributed by atoms with E-state index in [-0.39, 0.29) is 24.2 Å². The van der Waals surface area contributed by atoms with Crippen LogP contribution in [0.15, 0.2) is 12.4 Å². The van der Waals surface area contributed by atoms with Crippen molar-refractivity contribution in [2.24, 2.45) is 0 Å². The molecule has 0 aliphatic carbocycles. The van der Waals surface area contributed by atoms with Gasteiger partial charge < -0.3 is 15.3 Å². The fraction of sp³-hybridized carbons (Fsp3) is 0.583. The molecule has 1 rings (SSSR count). The summed E-state index contributed by atoms with van der Waals surface area (Å²) in [6.45, 7) is 4.52. The Kier molecular flexibility index (Phi) is 5.51. The van der Waals surface area contributed by atoms with Gasteiger partial charge in [-0.25, -0.2) is 4.98 Å². The average Bonchev–Trinajstić information content (AvgIpc) is 2.42. The second kappa shape index (κ2) is 6.90. The summed E-state index contributed by atoms with van der Waals surface area (Å²) in [4.78, 5) is 21.7. The predicted octanol–water partition coefficient (Wildman–Crippen LogP) is 0.751. The first-order chi connectivity index (χ1) is 8.60. The standard InChI is InChI=1S/C12H20N4O2/c1-4-5-14-11-7-13-6-10(15-11)12(18)16(3)9(2)8-17/h6-7,9,17H,4-5,8H2,1-3H3,(H,14,15). The summed E-state index contributed by atoms with van der Waals surface area (Å²) in [6.07, 6.45) is 3.99. The van der Waals surface area contributed by atoms with Crippen molar-refractivity contribution >= 4 is 11.7 Å². The number of hydrogen-bond donors (Lipinski definition) is 2. The van der Waals surface area contributed by atoms with E-state index < -0.39 is 0 Å². The third-order valence-corrected chi connectivity index (χ3v) is 2.66. The summed E-state index contributed by atoms with van der Waals surface area (Å²) in [5.74, 6) is 0.344. The molecule has 0 aliphatic heterocycles. The highest BCUT2D eigenvalue weighted by molar-refractivity contribution is 5.92. The number of carbonyl (C=O) groups excluding carboxylic acids is 1. The maximum atomic E-state index is 12.1. The second-order valence-electron chi connectivity index (χ2n) is 4.16. The van der Waals surface area contributed by atoms with Gasteiger partial charge in [-0.15, -0.1) is 0 Å². The molecule has 0 aliphatic rings. The van der Waals surface area contributed by atoms with Gasteiger partial charge in [0, 0.05) is 13.6 Å².